The van der Waals surface area contributed by atoms with E-state index in [1.54, 1.807) is 12.1 Å². The highest BCUT2D eigenvalue weighted by Crippen LogP contribution is 2.31. The number of rotatable bonds is 4. The van der Waals surface area contributed by atoms with Crippen molar-refractivity contribution >= 4 is 5.69 Å². The van der Waals surface area contributed by atoms with E-state index < -0.39 is 0 Å². The first kappa shape index (κ1) is 14.9. The number of nitrogens with zero attached hydrogens (tertiary/aromatic N) is 1. The van der Waals surface area contributed by atoms with Gasteiger partial charge in [-0.25, -0.2) is 4.39 Å². The van der Waals surface area contributed by atoms with Gasteiger partial charge >= 0.3 is 0 Å². The summed E-state index contributed by atoms with van der Waals surface area (Å²) in [5.41, 5.74) is 2.59. The number of nitriles is 1. The van der Waals surface area contributed by atoms with Crippen LogP contribution in [0.4, 0.5) is 10.1 Å². The third-order valence-corrected chi connectivity index (χ3v) is 3.42. The number of halogens is 1. The van der Waals surface area contributed by atoms with Crippen LogP contribution in [-0.2, 0) is 0 Å². The van der Waals surface area contributed by atoms with Crippen LogP contribution in [0.25, 0.3) is 0 Å². The SMILES string of the molecule is COc1cccc(F)c1C(C)Nc1cccc(C)c1C#N. The smallest absolute Gasteiger partial charge is 0.132 e. The van der Waals surface area contributed by atoms with E-state index in [4.69, 9.17) is 4.74 Å². The van der Waals surface area contributed by atoms with E-state index in [0.717, 1.165) is 5.56 Å². The fraction of sp³-hybridized carbons (Fsp3) is 0.235. The molecule has 2 rings (SSSR count). The molecule has 0 heterocycles. The van der Waals surface area contributed by atoms with Crippen LogP contribution < -0.4 is 10.1 Å². The maximum absolute atomic E-state index is 14.1. The van der Waals surface area contributed by atoms with Gasteiger partial charge in [0, 0.05) is 0 Å². The average molecular weight is 284 g/mol. The van der Waals surface area contributed by atoms with Gasteiger partial charge in [-0.05, 0) is 37.6 Å². The molecule has 2 aromatic rings. The zero-order valence-electron chi connectivity index (χ0n) is 12.3. The fourth-order valence-electron chi connectivity index (χ4n) is 2.36. The second-order valence-corrected chi connectivity index (χ2v) is 4.83. The second kappa shape index (κ2) is 6.27. The van der Waals surface area contributed by atoms with Crippen molar-refractivity contribution in [2.75, 3.05) is 12.4 Å². The zero-order valence-corrected chi connectivity index (χ0v) is 12.3. The van der Waals surface area contributed by atoms with Crippen LogP contribution in [-0.4, -0.2) is 7.11 Å². The molecule has 1 unspecified atom stereocenters. The highest BCUT2D eigenvalue weighted by molar-refractivity contribution is 5.61. The molecule has 4 heteroatoms. The summed E-state index contributed by atoms with van der Waals surface area (Å²) in [6.45, 7) is 3.71. The van der Waals surface area contributed by atoms with Crippen LogP contribution in [0.2, 0.25) is 0 Å². The Morgan fingerprint density at radius 3 is 2.62 bits per heavy atom. The van der Waals surface area contributed by atoms with Gasteiger partial charge in [-0.1, -0.05) is 18.2 Å². The molecule has 0 saturated carbocycles. The van der Waals surface area contributed by atoms with Crippen LogP contribution in [0.1, 0.15) is 29.7 Å². The molecule has 108 valence electrons. The van der Waals surface area contributed by atoms with E-state index in [-0.39, 0.29) is 11.9 Å². The third kappa shape index (κ3) is 2.97. The number of aryl methyl sites for hydroxylation is 1. The zero-order chi connectivity index (χ0) is 15.4. The standard InChI is InChI=1S/C17H17FN2O/c1-11-6-4-8-15(13(11)10-19)20-12(2)17-14(18)7-5-9-16(17)21-3/h4-9,12,20H,1-3H3. The van der Waals surface area contributed by atoms with Crippen molar-refractivity contribution in [2.24, 2.45) is 0 Å². The molecule has 3 nitrogen and oxygen atoms in total. The second-order valence-electron chi connectivity index (χ2n) is 4.83. The maximum Gasteiger partial charge on any atom is 0.132 e. The van der Waals surface area contributed by atoms with E-state index in [9.17, 15) is 9.65 Å². The van der Waals surface area contributed by atoms with Gasteiger partial charge < -0.3 is 10.1 Å². The Kier molecular flexibility index (Phi) is 4.44. The highest BCUT2D eigenvalue weighted by atomic mass is 19.1. The maximum atomic E-state index is 14.1. The molecule has 0 aromatic heterocycles. The van der Waals surface area contributed by atoms with Crippen molar-refractivity contribution in [3.8, 4) is 11.8 Å². The number of benzene rings is 2. The molecule has 2 aromatic carbocycles. The number of anilines is 1. The summed E-state index contributed by atoms with van der Waals surface area (Å²) >= 11 is 0. The quantitative estimate of drug-likeness (QED) is 0.915. The van der Waals surface area contributed by atoms with Crippen molar-refractivity contribution in [3.05, 3.63) is 58.9 Å². The largest absolute Gasteiger partial charge is 0.496 e. The van der Waals surface area contributed by atoms with Gasteiger partial charge in [0.05, 0.1) is 30.0 Å². The van der Waals surface area contributed by atoms with Crippen molar-refractivity contribution < 1.29 is 9.13 Å². The van der Waals surface area contributed by atoms with E-state index in [1.807, 2.05) is 32.0 Å². The van der Waals surface area contributed by atoms with Crippen LogP contribution >= 0.6 is 0 Å². The van der Waals surface area contributed by atoms with E-state index in [2.05, 4.69) is 11.4 Å². The Morgan fingerprint density at radius 1 is 1.24 bits per heavy atom. The Balaban J connectivity index is 2.38. The summed E-state index contributed by atoms with van der Waals surface area (Å²) in [6, 6.07) is 12.1. The molecule has 1 atom stereocenters. The van der Waals surface area contributed by atoms with Crippen molar-refractivity contribution in [2.45, 2.75) is 19.9 Å². The molecule has 0 aliphatic carbocycles. The summed E-state index contributed by atoms with van der Waals surface area (Å²) in [5.74, 6) is 0.154. The minimum absolute atomic E-state index is 0.324. The average Bonchev–Trinajstić information content (AvgIpc) is 2.47. The molecule has 0 saturated heterocycles. The first-order valence-electron chi connectivity index (χ1n) is 6.67. The van der Waals surface area contributed by atoms with Crippen molar-refractivity contribution in [1.29, 1.82) is 5.26 Å². The van der Waals surface area contributed by atoms with Crippen LogP contribution in [0, 0.1) is 24.1 Å². The molecular formula is C17H17FN2O. The van der Waals surface area contributed by atoms with Crippen molar-refractivity contribution in [3.63, 3.8) is 0 Å². The minimum Gasteiger partial charge on any atom is -0.496 e. The molecule has 0 bridgehead atoms. The number of hydrogen-bond donors (Lipinski definition) is 1. The Bertz CT molecular complexity index is 692. The lowest BCUT2D eigenvalue weighted by atomic mass is 10.0. The summed E-state index contributed by atoms with van der Waals surface area (Å²) < 4.78 is 19.3. The van der Waals surface area contributed by atoms with Gasteiger partial charge in [-0.3, -0.25) is 0 Å². The fourth-order valence-corrected chi connectivity index (χ4v) is 2.36. The summed E-state index contributed by atoms with van der Waals surface area (Å²) in [5, 5.41) is 12.4. The predicted molar refractivity (Wildman–Crippen MR) is 80.9 cm³/mol. The van der Waals surface area contributed by atoms with Crippen LogP contribution in [0.3, 0.4) is 0 Å². The molecule has 21 heavy (non-hydrogen) atoms. The van der Waals surface area contributed by atoms with Gasteiger partial charge in [0.25, 0.3) is 0 Å². The van der Waals surface area contributed by atoms with Crippen LogP contribution in [0.5, 0.6) is 5.75 Å². The normalized spacial score (nSPS) is 11.6. The number of nitrogens with one attached hydrogen (secondary N) is 1. The molecule has 1 N–H and O–H groups in total. The summed E-state index contributed by atoms with van der Waals surface area (Å²) in [7, 11) is 1.51. The lowest BCUT2D eigenvalue weighted by Crippen LogP contribution is -2.11. The molecular weight excluding hydrogens is 267 g/mol. The lowest BCUT2D eigenvalue weighted by molar-refractivity contribution is 0.402. The van der Waals surface area contributed by atoms with E-state index >= 15 is 0 Å². The molecule has 0 aliphatic rings. The Morgan fingerprint density at radius 2 is 1.95 bits per heavy atom. The molecule has 0 spiro atoms. The lowest BCUT2D eigenvalue weighted by Gasteiger charge is -2.20. The van der Waals surface area contributed by atoms with Gasteiger partial charge in [-0.15, -0.1) is 0 Å². The minimum atomic E-state index is -0.333. The Hall–Kier alpha value is -2.54. The first-order valence-corrected chi connectivity index (χ1v) is 6.67. The van der Waals surface area contributed by atoms with Gasteiger partial charge in [0.1, 0.15) is 17.6 Å². The number of ether oxygens (including phenoxy) is 1. The van der Waals surface area contributed by atoms with Gasteiger partial charge in [0.2, 0.25) is 0 Å². The Labute approximate surface area is 124 Å². The predicted octanol–water partition coefficient (Wildman–Crippen LogP) is 4.19. The van der Waals surface area contributed by atoms with Gasteiger partial charge in [-0.2, -0.15) is 5.26 Å². The topological polar surface area (TPSA) is 45.0 Å². The third-order valence-electron chi connectivity index (χ3n) is 3.42. The summed E-state index contributed by atoms with van der Waals surface area (Å²) in [6.07, 6.45) is 0. The monoisotopic (exact) mass is 284 g/mol. The summed E-state index contributed by atoms with van der Waals surface area (Å²) in [4.78, 5) is 0. The molecule has 0 fully saturated rings. The van der Waals surface area contributed by atoms with Gasteiger partial charge in [0.15, 0.2) is 0 Å². The van der Waals surface area contributed by atoms with E-state index in [1.165, 1.54) is 13.2 Å². The molecule has 0 aliphatic heterocycles. The first-order chi connectivity index (χ1) is 10.1. The molecule has 0 radical (unpaired) electrons. The molecule has 0 amide bonds. The van der Waals surface area contributed by atoms with Crippen molar-refractivity contribution in [1.82, 2.24) is 0 Å². The number of hydrogen-bond acceptors (Lipinski definition) is 3. The highest BCUT2D eigenvalue weighted by Gasteiger charge is 2.17. The number of methoxy groups -OCH3 is 1. The van der Waals surface area contributed by atoms with Crippen LogP contribution in [0.15, 0.2) is 36.4 Å². The van der Waals surface area contributed by atoms with E-state index in [0.29, 0.717) is 22.6 Å².